The van der Waals surface area contributed by atoms with E-state index < -0.39 is 0 Å². The van der Waals surface area contributed by atoms with E-state index in [9.17, 15) is 0 Å². The van der Waals surface area contributed by atoms with Crippen molar-refractivity contribution in [1.82, 2.24) is 0 Å². The van der Waals surface area contributed by atoms with Crippen molar-refractivity contribution < 1.29 is 4.74 Å². The van der Waals surface area contributed by atoms with Gasteiger partial charge in [0.2, 0.25) is 0 Å². The smallest absolute Gasteiger partial charge is 0.139 e. The van der Waals surface area contributed by atoms with E-state index in [-0.39, 0.29) is 0 Å². The third-order valence-corrected chi connectivity index (χ3v) is 2.11. The van der Waals surface area contributed by atoms with Crippen molar-refractivity contribution in [2.75, 3.05) is 7.11 Å². The molecule has 0 aliphatic carbocycles. The highest BCUT2D eigenvalue weighted by Gasteiger charge is 2.04. The Bertz CT molecular complexity index is 272. The summed E-state index contributed by atoms with van der Waals surface area (Å²) >= 11 is 11.6. The van der Waals surface area contributed by atoms with Crippen LogP contribution in [-0.2, 0) is 0 Å². The van der Waals surface area contributed by atoms with Gasteiger partial charge in [-0.1, -0.05) is 37.0 Å². The molecule has 0 heterocycles. The van der Waals surface area contributed by atoms with Gasteiger partial charge in [-0.3, -0.25) is 0 Å². The molecule has 0 amide bonds. The van der Waals surface area contributed by atoms with Crippen molar-refractivity contribution in [1.29, 1.82) is 0 Å². The largest absolute Gasteiger partial charge is 0.495 e. The number of ether oxygens (including phenoxy) is 1. The van der Waals surface area contributed by atoms with Crippen LogP contribution >= 0.6 is 23.2 Å². The van der Waals surface area contributed by atoms with Gasteiger partial charge in [0, 0.05) is 11.1 Å². The molecule has 0 bridgehead atoms. The molecule has 1 aromatic rings. The molecule has 0 atom stereocenters. The topological polar surface area (TPSA) is 9.23 Å². The lowest BCUT2D eigenvalue weighted by molar-refractivity contribution is 0.415. The second-order valence-electron chi connectivity index (χ2n) is 2.24. The average molecular weight is 221 g/mol. The monoisotopic (exact) mass is 220 g/mol. The highest BCUT2D eigenvalue weighted by molar-refractivity contribution is 6.34. The quantitative estimate of drug-likeness (QED) is 0.685. The second kappa shape index (κ2) is 6.11. The Kier molecular flexibility index (Phi) is 5.93. The fourth-order valence-electron chi connectivity index (χ4n) is 0.843. The van der Waals surface area contributed by atoms with Gasteiger partial charge in [-0.15, -0.1) is 0 Å². The molecular formula is C10H14Cl2O. The van der Waals surface area contributed by atoms with E-state index in [4.69, 9.17) is 27.9 Å². The van der Waals surface area contributed by atoms with Gasteiger partial charge in [-0.2, -0.15) is 0 Å². The zero-order chi connectivity index (χ0) is 10.4. The van der Waals surface area contributed by atoms with Crippen molar-refractivity contribution in [2.24, 2.45) is 0 Å². The van der Waals surface area contributed by atoms with E-state index >= 15 is 0 Å². The minimum Gasteiger partial charge on any atom is -0.495 e. The lowest BCUT2D eigenvalue weighted by atomic mass is 10.2. The molecule has 0 unspecified atom stereocenters. The lowest BCUT2D eigenvalue weighted by Crippen LogP contribution is -1.86. The number of halogens is 2. The SMILES string of the molecule is CC.COc1cc(Cl)cc(C)c1Cl. The van der Waals surface area contributed by atoms with Crippen LogP contribution in [0.15, 0.2) is 12.1 Å². The maximum atomic E-state index is 5.88. The normalized spacial score (nSPS) is 8.77. The molecule has 1 nitrogen and oxygen atoms in total. The van der Waals surface area contributed by atoms with Crippen LogP contribution in [0, 0.1) is 6.92 Å². The number of aryl methyl sites for hydroxylation is 1. The first kappa shape index (κ1) is 12.6. The van der Waals surface area contributed by atoms with Gasteiger partial charge in [-0.05, 0) is 18.6 Å². The molecule has 0 aliphatic rings. The summed E-state index contributed by atoms with van der Waals surface area (Å²) in [6.45, 7) is 5.89. The van der Waals surface area contributed by atoms with Gasteiger partial charge in [0.05, 0.1) is 12.1 Å². The van der Waals surface area contributed by atoms with Crippen molar-refractivity contribution in [3.05, 3.63) is 27.7 Å². The van der Waals surface area contributed by atoms with Crippen LogP contribution in [0.1, 0.15) is 19.4 Å². The van der Waals surface area contributed by atoms with Crippen LogP contribution in [0.3, 0.4) is 0 Å². The van der Waals surface area contributed by atoms with Crippen molar-refractivity contribution >= 4 is 23.2 Å². The van der Waals surface area contributed by atoms with E-state index in [0.29, 0.717) is 15.8 Å². The molecule has 1 rings (SSSR count). The number of methoxy groups -OCH3 is 1. The fraction of sp³-hybridized carbons (Fsp3) is 0.400. The van der Waals surface area contributed by atoms with Crippen LogP contribution in [-0.4, -0.2) is 7.11 Å². The predicted octanol–water partition coefficient (Wildman–Crippen LogP) is 4.34. The van der Waals surface area contributed by atoms with Crippen LogP contribution in [0.5, 0.6) is 5.75 Å². The summed E-state index contributed by atoms with van der Waals surface area (Å²) in [6, 6.07) is 3.49. The molecule has 0 aromatic heterocycles. The predicted molar refractivity (Wildman–Crippen MR) is 59.1 cm³/mol. The Balaban J connectivity index is 0.000000671. The minimum absolute atomic E-state index is 0.622. The summed E-state index contributed by atoms with van der Waals surface area (Å²) in [5.41, 5.74) is 0.927. The first-order chi connectivity index (χ1) is 6.15. The minimum atomic E-state index is 0.622. The molecule has 3 heteroatoms. The van der Waals surface area contributed by atoms with Gasteiger partial charge in [0.1, 0.15) is 5.75 Å². The van der Waals surface area contributed by atoms with Gasteiger partial charge in [0.25, 0.3) is 0 Å². The molecular weight excluding hydrogens is 207 g/mol. The first-order valence-electron chi connectivity index (χ1n) is 4.15. The van der Waals surface area contributed by atoms with Gasteiger partial charge < -0.3 is 4.74 Å². The molecule has 0 spiro atoms. The van der Waals surface area contributed by atoms with Crippen molar-refractivity contribution in [3.8, 4) is 5.75 Å². The van der Waals surface area contributed by atoms with Gasteiger partial charge in [0.15, 0.2) is 0 Å². The standard InChI is InChI=1S/C8H8Cl2O.C2H6/c1-5-3-6(9)4-7(11-2)8(5)10;1-2/h3-4H,1-2H3;1-2H3. The summed E-state index contributed by atoms with van der Waals surface area (Å²) in [5.74, 6) is 0.622. The molecule has 0 aliphatic heterocycles. The van der Waals surface area contributed by atoms with Crippen molar-refractivity contribution in [2.45, 2.75) is 20.8 Å². The third kappa shape index (κ3) is 3.45. The van der Waals surface area contributed by atoms with Gasteiger partial charge >= 0.3 is 0 Å². The van der Waals surface area contributed by atoms with E-state index in [1.165, 1.54) is 0 Å². The maximum absolute atomic E-state index is 5.88. The molecule has 74 valence electrons. The maximum Gasteiger partial charge on any atom is 0.139 e. The summed E-state index contributed by atoms with van der Waals surface area (Å²) in [7, 11) is 1.57. The zero-order valence-corrected chi connectivity index (χ0v) is 9.83. The highest BCUT2D eigenvalue weighted by atomic mass is 35.5. The fourth-order valence-corrected chi connectivity index (χ4v) is 1.29. The van der Waals surface area contributed by atoms with E-state index in [2.05, 4.69) is 0 Å². The third-order valence-electron chi connectivity index (χ3n) is 1.41. The lowest BCUT2D eigenvalue weighted by Gasteiger charge is -2.05. The molecule has 0 radical (unpaired) electrons. The number of hydrogen-bond donors (Lipinski definition) is 0. The first-order valence-corrected chi connectivity index (χ1v) is 4.90. The Morgan fingerprint density at radius 1 is 1.15 bits per heavy atom. The average Bonchev–Trinajstić information content (AvgIpc) is 2.14. The summed E-state index contributed by atoms with van der Waals surface area (Å²) in [6.07, 6.45) is 0. The Morgan fingerprint density at radius 2 is 1.69 bits per heavy atom. The highest BCUT2D eigenvalue weighted by Crippen LogP contribution is 2.30. The van der Waals surface area contributed by atoms with Crippen LogP contribution in [0.4, 0.5) is 0 Å². The number of hydrogen-bond acceptors (Lipinski definition) is 1. The van der Waals surface area contributed by atoms with E-state index in [1.807, 2.05) is 20.8 Å². The summed E-state index contributed by atoms with van der Waals surface area (Å²) < 4.78 is 4.99. The Labute approximate surface area is 89.6 Å². The molecule has 1 aromatic carbocycles. The number of benzene rings is 1. The van der Waals surface area contributed by atoms with Crippen LogP contribution in [0.25, 0.3) is 0 Å². The molecule has 0 saturated heterocycles. The molecule has 13 heavy (non-hydrogen) atoms. The zero-order valence-electron chi connectivity index (χ0n) is 8.32. The van der Waals surface area contributed by atoms with E-state index in [0.717, 1.165) is 5.56 Å². The number of rotatable bonds is 1. The van der Waals surface area contributed by atoms with Crippen molar-refractivity contribution in [3.63, 3.8) is 0 Å². The van der Waals surface area contributed by atoms with E-state index in [1.54, 1.807) is 19.2 Å². The molecule has 0 N–H and O–H groups in total. The second-order valence-corrected chi connectivity index (χ2v) is 3.05. The Morgan fingerprint density at radius 3 is 2.15 bits per heavy atom. The Hall–Kier alpha value is -0.400. The summed E-state index contributed by atoms with van der Waals surface area (Å²) in [5, 5.41) is 1.26. The van der Waals surface area contributed by atoms with Crippen LogP contribution in [0.2, 0.25) is 10.0 Å². The van der Waals surface area contributed by atoms with Gasteiger partial charge in [-0.25, -0.2) is 0 Å². The van der Waals surface area contributed by atoms with Crippen LogP contribution < -0.4 is 4.74 Å². The molecule has 0 fully saturated rings. The summed E-state index contributed by atoms with van der Waals surface area (Å²) in [4.78, 5) is 0. The molecule has 0 saturated carbocycles.